The predicted octanol–water partition coefficient (Wildman–Crippen LogP) is 14.5. The Morgan fingerprint density at radius 3 is 1.62 bits per heavy atom. The number of hydrogen-bond donors (Lipinski definition) is 0. The summed E-state index contributed by atoms with van der Waals surface area (Å²) in [5.41, 5.74) is 17.4. The third kappa shape index (κ3) is 5.01. The normalized spacial score (nSPS) is 13.8. The van der Waals surface area contributed by atoms with Crippen LogP contribution in [-0.4, -0.2) is 0 Å². The van der Waals surface area contributed by atoms with Crippen LogP contribution in [0.2, 0.25) is 0 Å². The van der Waals surface area contributed by atoms with Crippen LogP contribution in [0.4, 0.5) is 17.1 Å². The minimum absolute atomic E-state index is 0.0323. The second-order valence-electron chi connectivity index (χ2n) is 17.4. The van der Waals surface area contributed by atoms with E-state index in [1.165, 1.54) is 61.2 Å². The van der Waals surface area contributed by atoms with Gasteiger partial charge in [-0.1, -0.05) is 163 Å². The first-order chi connectivity index (χ1) is 26.5. The lowest BCUT2D eigenvalue weighted by atomic mass is 9.71. The van der Waals surface area contributed by atoms with E-state index < -0.39 is 5.41 Å². The molecule has 2 aliphatic carbocycles. The number of hydrogen-bond acceptors (Lipinski definition) is 2. The van der Waals surface area contributed by atoms with Crippen molar-refractivity contribution in [2.24, 2.45) is 0 Å². The molecule has 0 bridgehead atoms. The molecule has 0 saturated heterocycles. The Kier molecular flexibility index (Phi) is 7.26. The van der Waals surface area contributed by atoms with Crippen LogP contribution in [-0.2, 0) is 16.2 Å². The first-order valence-corrected chi connectivity index (χ1v) is 19.5. The third-order valence-electron chi connectivity index (χ3n) is 12.0. The Labute approximate surface area is 324 Å². The summed E-state index contributed by atoms with van der Waals surface area (Å²) in [6.45, 7) is 13.9. The summed E-state index contributed by atoms with van der Waals surface area (Å²) < 4.78 is 7.22. The van der Waals surface area contributed by atoms with Crippen LogP contribution in [0.3, 0.4) is 0 Å². The summed E-state index contributed by atoms with van der Waals surface area (Å²) in [5.74, 6) is 1.02. The number of anilines is 3. The van der Waals surface area contributed by atoms with Crippen LogP contribution >= 0.6 is 0 Å². The predicted molar refractivity (Wildman–Crippen MR) is 230 cm³/mol. The van der Waals surface area contributed by atoms with Crippen molar-refractivity contribution >= 4 is 28.0 Å². The molecule has 2 heteroatoms. The molecule has 0 fully saturated rings. The largest absolute Gasteiger partial charge is 0.459 e. The molecule has 0 saturated carbocycles. The molecule has 0 amide bonds. The third-order valence-corrected chi connectivity index (χ3v) is 12.0. The molecule has 0 N–H and O–H groups in total. The highest BCUT2D eigenvalue weighted by Crippen LogP contribution is 2.65. The Morgan fingerprint density at radius 2 is 0.964 bits per heavy atom. The van der Waals surface area contributed by atoms with E-state index in [-0.39, 0.29) is 10.8 Å². The zero-order chi connectivity index (χ0) is 37.7. The summed E-state index contributed by atoms with van der Waals surface area (Å²) in [5, 5.41) is 1.16. The van der Waals surface area contributed by atoms with Crippen LogP contribution in [0.1, 0.15) is 75.1 Å². The first kappa shape index (κ1) is 33.4. The summed E-state index contributed by atoms with van der Waals surface area (Å²) in [6.07, 6.45) is 0. The highest BCUT2D eigenvalue weighted by atomic mass is 16.3. The van der Waals surface area contributed by atoms with Gasteiger partial charge < -0.3 is 9.32 Å². The molecule has 1 heterocycles. The SMILES string of the molecule is CC(C)(C)c1ccc2c(c1)C1(c3cc(C(C)(C)C)ccc3-2)c2cc(N(c3ccccc3)c3cccc(-c4ccccc4)c3)ccc2-c2c1oc1ccccc21. The van der Waals surface area contributed by atoms with E-state index in [0.717, 1.165) is 33.8 Å². The van der Waals surface area contributed by atoms with Crippen LogP contribution in [0.15, 0.2) is 168 Å². The number of nitrogens with zero attached hydrogens (tertiary/aromatic N) is 1. The van der Waals surface area contributed by atoms with E-state index in [4.69, 9.17) is 4.42 Å². The molecule has 2 aliphatic rings. The van der Waals surface area contributed by atoms with Crippen molar-refractivity contribution in [3.8, 4) is 33.4 Å². The van der Waals surface area contributed by atoms with Crippen molar-refractivity contribution in [1.82, 2.24) is 0 Å². The second-order valence-corrected chi connectivity index (χ2v) is 17.4. The van der Waals surface area contributed by atoms with E-state index in [1.807, 2.05) is 0 Å². The van der Waals surface area contributed by atoms with Gasteiger partial charge in [0.15, 0.2) is 0 Å². The molecule has 0 radical (unpaired) electrons. The topological polar surface area (TPSA) is 16.4 Å². The molecule has 2 nitrogen and oxygen atoms in total. The maximum atomic E-state index is 7.22. The van der Waals surface area contributed by atoms with Crippen molar-refractivity contribution in [3.63, 3.8) is 0 Å². The van der Waals surface area contributed by atoms with Gasteiger partial charge in [0.1, 0.15) is 16.8 Å². The molecule has 1 aromatic heterocycles. The fourth-order valence-corrected chi connectivity index (χ4v) is 9.17. The molecule has 0 unspecified atom stereocenters. The standard InChI is InChI=1S/C53H45NO/c1-51(2,3)36-24-27-41-42-28-25-37(52(4,5)6)32-46(42)53(45(41)31-36)47-33-40(26-29-43(47)49-44-22-13-14-23-48(44)55-50(49)53)54(38-19-11-8-12-20-38)39-21-15-18-35(30-39)34-16-9-7-10-17-34/h7-33H,1-6H3. The van der Waals surface area contributed by atoms with Crippen molar-refractivity contribution in [1.29, 1.82) is 0 Å². The average molecular weight is 712 g/mol. The number of fused-ring (bicyclic) bond motifs is 12. The molecule has 1 spiro atoms. The Bertz CT molecular complexity index is 2710. The van der Waals surface area contributed by atoms with Gasteiger partial charge in [0.05, 0.1) is 0 Å². The van der Waals surface area contributed by atoms with Crippen molar-refractivity contribution < 1.29 is 4.42 Å². The average Bonchev–Trinajstić information content (AvgIpc) is 3.81. The zero-order valence-corrected chi connectivity index (χ0v) is 32.4. The lowest BCUT2D eigenvalue weighted by Gasteiger charge is -2.32. The van der Waals surface area contributed by atoms with Gasteiger partial charge in [0.2, 0.25) is 0 Å². The van der Waals surface area contributed by atoms with E-state index in [2.05, 4.69) is 210 Å². The van der Waals surface area contributed by atoms with Gasteiger partial charge in [-0.2, -0.15) is 0 Å². The van der Waals surface area contributed by atoms with Gasteiger partial charge in [-0.3, -0.25) is 0 Å². The summed E-state index contributed by atoms with van der Waals surface area (Å²) in [4.78, 5) is 2.41. The van der Waals surface area contributed by atoms with Crippen LogP contribution < -0.4 is 4.90 Å². The van der Waals surface area contributed by atoms with Gasteiger partial charge in [0, 0.05) is 28.0 Å². The molecule has 0 aliphatic heterocycles. The quantitative estimate of drug-likeness (QED) is 0.181. The lowest BCUT2D eigenvalue weighted by molar-refractivity contribution is 0.504. The molecule has 10 rings (SSSR count). The van der Waals surface area contributed by atoms with Crippen LogP contribution in [0.25, 0.3) is 44.3 Å². The number of benzene rings is 7. The maximum absolute atomic E-state index is 7.22. The smallest absolute Gasteiger partial charge is 0.135 e. The highest BCUT2D eigenvalue weighted by molar-refractivity contribution is 6.05. The Hall–Kier alpha value is -6.12. The minimum Gasteiger partial charge on any atom is -0.459 e. The minimum atomic E-state index is -0.652. The van der Waals surface area contributed by atoms with Crippen LogP contribution in [0.5, 0.6) is 0 Å². The molecule has 55 heavy (non-hydrogen) atoms. The summed E-state index contributed by atoms with van der Waals surface area (Å²) in [7, 11) is 0. The molecule has 268 valence electrons. The molecule has 7 aromatic carbocycles. The van der Waals surface area contributed by atoms with Crippen molar-refractivity contribution in [2.45, 2.75) is 57.8 Å². The van der Waals surface area contributed by atoms with E-state index in [0.29, 0.717) is 0 Å². The maximum Gasteiger partial charge on any atom is 0.135 e. The lowest BCUT2D eigenvalue weighted by Crippen LogP contribution is -2.27. The fraction of sp³-hybridized carbons (Fsp3) is 0.170. The number of para-hydroxylation sites is 2. The van der Waals surface area contributed by atoms with Crippen LogP contribution in [0, 0.1) is 0 Å². The zero-order valence-electron chi connectivity index (χ0n) is 32.4. The Balaban J connectivity index is 1.30. The van der Waals surface area contributed by atoms with Gasteiger partial charge in [0.25, 0.3) is 0 Å². The first-order valence-electron chi connectivity index (χ1n) is 19.5. The van der Waals surface area contributed by atoms with Crippen molar-refractivity contribution in [3.05, 3.63) is 197 Å². The van der Waals surface area contributed by atoms with Crippen molar-refractivity contribution in [2.75, 3.05) is 4.90 Å². The molecular formula is C53H45NO. The fourth-order valence-electron chi connectivity index (χ4n) is 9.17. The molecular weight excluding hydrogens is 667 g/mol. The highest BCUT2D eigenvalue weighted by Gasteiger charge is 2.55. The molecule has 8 aromatic rings. The summed E-state index contributed by atoms with van der Waals surface area (Å²) in [6, 6.07) is 60.4. The Morgan fingerprint density at radius 1 is 0.436 bits per heavy atom. The second kappa shape index (κ2) is 11.9. The van der Waals surface area contributed by atoms with E-state index in [1.54, 1.807) is 0 Å². The number of furan rings is 1. The van der Waals surface area contributed by atoms with E-state index in [9.17, 15) is 0 Å². The van der Waals surface area contributed by atoms with E-state index >= 15 is 0 Å². The van der Waals surface area contributed by atoms with Gasteiger partial charge in [-0.25, -0.2) is 0 Å². The monoisotopic (exact) mass is 711 g/mol. The number of rotatable bonds is 4. The van der Waals surface area contributed by atoms with Gasteiger partial charge in [-0.15, -0.1) is 0 Å². The van der Waals surface area contributed by atoms with Gasteiger partial charge in [-0.05, 0) is 109 Å². The van der Waals surface area contributed by atoms with Gasteiger partial charge >= 0.3 is 0 Å². The summed E-state index contributed by atoms with van der Waals surface area (Å²) >= 11 is 0. The molecule has 0 atom stereocenters.